The Morgan fingerprint density at radius 1 is 1.12 bits per heavy atom. The van der Waals surface area contributed by atoms with Gasteiger partial charge in [-0.1, -0.05) is 30.3 Å². The van der Waals surface area contributed by atoms with Gasteiger partial charge in [0.1, 0.15) is 11.3 Å². The first kappa shape index (κ1) is 21.3. The van der Waals surface area contributed by atoms with Crippen LogP contribution < -0.4 is 9.46 Å². The lowest BCUT2D eigenvalue weighted by molar-refractivity contribution is 0.0698. The van der Waals surface area contributed by atoms with Crippen molar-refractivity contribution >= 4 is 32.7 Å². The second-order valence-electron chi connectivity index (χ2n) is 7.06. The van der Waals surface area contributed by atoms with Crippen LogP contribution in [0.25, 0.3) is 11.0 Å². The summed E-state index contributed by atoms with van der Waals surface area (Å²) in [5.41, 5.74) is 1.47. The number of carbonyl (C=O) groups is 1. The Balaban J connectivity index is 1.83. The number of aromatic carboxylic acids is 1. The minimum atomic E-state index is -4.09. The molecule has 0 spiro atoms. The van der Waals surface area contributed by atoms with E-state index < -0.39 is 16.0 Å². The maximum Gasteiger partial charge on any atom is 0.339 e. The summed E-state index contributed by atoms with van der Waals surface area (Å²) in [7, 11) is -2.61. The Morgan fingerprint density at radius 2 is 1.81 bits per heavy atom. The molecule has 0 saturated carbocycles. The van der Waals surface area contributed by atoms with Crippen molar-refractivity contribution in [3.63, 3.8) is 0 Å². The summed E-state index contributed by atoms with van der Waals surface area (Å²) in [4.78, 5) is 16.1. The number of hydrogen-bond acceptors (Lipinski definition) is 6. The summed E-state index contributed by atoms with van der Waals surface area (Å²) in [6.45, 7) is 2.08. The molecule has 0 aliphatic rings. The third-order valence-corrected chi connectivity index (χ3v) is 6.31. The van der Waals surface area contributed by atoms with E-state index in [1.165, 1.54) is 31.4 Å². The Labute approximate surface area is 184 Å². The van der Waals surface area contributed by atoms with Gasteiger partial charge in [0.15, 0.2) is 5.65 Å². The van der Waals surface area contributed by atoms with E-state index in [0.717, 1.165) is 11.8 Å². The number of carboxylic acid groups (broad SMARTS) is 1. The maximum atomic E-state index is 13.0. The van der Waals surface area contributed by atoms with E-state index >= 15 is 0 Å². The Kier molecular flexibility index (Phi) is 5.54. The molecule has 0 aliphatic carbocycles. The second kappa shape index (κ2) is 8.31. The molecule has 4 rings (SSSR count). The Bertz CT molecular complexity index is 1400. The highest BCUT2D eigenvalue weighted by Gasteiger charge is 2.25. The van der Waals surface area contributed by atoms with Crippen LogP contribution in [-0.2, 0) is 16.6 Å². The van der Waals surface area contributed by atoms with Crippen LogP contribution in [0.15, 0.2) is 65.7 Å². The SMILES string of the molecule is COc1ccc(S(=O)(=O)Nc2c(C(=O)O)cnc3c2c(C)nn3Cc2ccccc2)cc1. The number of ether oxygens (including phenoxy) is 1. The Morgan fingerprint density at radius 3 is 2.44 bits per heavy atom. The largest absolute Gasteiger partial charge is 0.497 e. The highest BCUT2D eigenvalue weighted by atomic mass is 32.2. The molecule has 0 saturated heterocycles. The third kappa shape index (κ3) is 4.00. The van der Waals surface area contributed by atoms with Crippen LogP contribution in [0.1, 0.15) is 21.6 Å². The maximum absolute atomic E-state index is 13.0. The first-order chi connectivity index (χ1) is 15.3. The number of fused-ring (bicyclic) bond motifs is 1. The van der Waals surface area contributed by atoms with E-state index in [1.807, 2.05) is 30.3 Å². The third-order valence-electron chi connectivity index (χ3n) is 4.95. The zero-order valence-electron chi connectivity index (χ0n) is 17.3. The fraction of sp³-hybridized carbons (Fsp3) is 0.136. The summed E-state index contributed by atoms with van der Waals surface area (Å²) >= 11 is 0. The van der Waals surface area contributed by atoms with E-state index in [4.69, 9.17) is 4.74 Å². The molecule has 2 aromatic heterocycles. The fourth-order valence-electron chi connectivity index (χ4n) is 3.40. The van der Waals surface area contributed by atoms with Crippen molar-refractivity contribution in [1.82, 2.24) is 14.8 Å². The molecule has 2 aromatic carbocycles. The summed E-state index contributed by atoms with van der Waals surface area (Å²) in [6.07, 6.45) is 1.14. The molecule has 2 N–H and O–H groups in total. The van der Waals surface area contributed by atoms with E-state index in [1.54, 1.807) is 11.6 Å². The number of sulfonamides is 1. The average molecular weight is 452 g/mol. The van der Waals surface area contributed by atoms with Crippen molar-refractivity contribution in [2.45, 2.75) is 18.4 Å². The molecule has 164 valence electrons. The highest BCUT2D eigenvalue weighted by molar-refractivity contribution is 7.92. The van der Waals surface area contributed by atoms with Gasteiger partial charge in [-0.25, -0.2) is 22.9 Å². The minimum Gasteiger partial charge on any atom is -0.497 e. The van der Waals surface area contributed by atoms with Crippen molar-refractivity contribution in [1.29, 1.82) is 0 Å². The molecule has 0 aliphatic heterocycles. The summed E-state index contributed by atoms with van der Waals surface area (Å²) in [6, 6.07) is 15.4. The quantitative estimate of drug-likeness (QED) is 0.441. The molecule has 9 nitrogen and oxygen atoms in total. The lowest BCUT2D eigenvalue weighted by Gasteiger charge is -2.13. The van der Waals surface area contributed by atoms with Crippen molar-refractivity contribution < 1.29 is 23.1 Å². The molecular formula is C22H20N4O5S. The van der Waals surface area contributed by atoms with E-state index in [-0.39, 0.29) is 16.1 Å². The lowest BCUT2D eigenvalue weighted by Crippen LogP contribution is -2.16. The molecule has 0 amide bonds. The van der Waals surface area contributed by atoms with Gasteiger partial charge in [0.2, 0.25) is 0 Å². The van der Waals surface area contributed by atoms with Gasteiger partial charge >= 0.3 is 5.97 Å². The van der Waals surface area contributed by atoms with Crippen molar-refractivity contribution in [2.24, 2.45) is 0 Å². The van der Waals surface area contributed by atoms with Gasteiger partial charge in [-0.3, -0.25) is 4.72 Å². The molecule has 0 atom stereocenters. The zero-order valence-corrected chi connectivity index (χ0v) is 18.1. The van der Waals surface area contributed by atoms with Crippen LogP contribution in [-0.4, -0.2) is 41.4 Å². The fourth-order valence-corrected chi connectivity index (χ4v) is 4.49. The number of hydrogen-bond donors (Lipinski definition) is 2. The topological polar surface area (TPSA) is 123 Å². The van der Waals surface area contributed by atoms with Crippen molar-refractivity contribution in [2.75, 3.05) is 11.8 Å². The minimum absolute atomic E-state index is 0.0334. The number of anilines is 1. The number of nitrogens with one attached hydrogen (secondary N) is 1. The van der Waals surface area contributed by atoms with Crippen LogP contribution in [0.3, 0.4) is 0 Å². The predicted octanol–water partition coefficient (Wildman–Crippen LogP) is 3.30. The summed E-state index contributed by atoms with van der Waals surface area (Å²) in [5, 5.41) is 14.5. The molecule has 32 heavy (non-hydrogen) atoms. The van der Waals surface area contributed by atoms with E-state index in [2.05, 4.69) is 14.8 Å². The van der Waals surface area contributed by atoms with Gasteiger partial charge in [-0.15, -0.1) is 0 Å². The second-order valence-corrected chi connectivity index (χ2v) is 8.74. The van der Waals surface area contributed by atoms with Crippen LogP contribution in [0.2, 0.25) is 0 Å². The van der Waals surface area contributed by atoms with Crippen molar-refractivity contribution in [3.05, 3.63) is 77.6 Å². The molecule has 0 bridgehead atoms. The van der Waals surface area contributed by atoms with E-state index in [0.29, 0.717) is 29.0 Å². The van der Waals surface area contributed by atoms with Crippen LogP contribution >= 0.6 is 0 Å². The number of nitrogens with zero attached hydrogens (tertiary/aromatic N) is 3. The van der Waals surface area contributed by atoms with Crippen molar-refractivity contribution in [3.8, 4) is 5.75 Å². The number of rotatable bonds is 7. The van der Waals surface area contributed by atoms with Gasteiger partial charge < -0.3 is 9.84 Å². The number of aromatic nitrogens is 3. The molecule has 0 fully saturated rings. The van der Waals surface area contributed by atoms with E-state index in [9.17, 15) is 18.3 Å². The zero-order chi connectivity index (χ0) is 22.9. The summed E-state index contributed by atoms with van der Waals surface area (Å²) in [5.74, 6) is -0.804. The first-order valence-electron chi connectivity index (χ1n) is 9.60. The molecule has 0 unspecified atom stereocenters. The smallest absolute Gasteiger partial charge is 0.339 e. The van der Waals surface area contributed by atoms with Gasteiger partial charge in [0, 0.05) is 6.20 Å². The number of pyridine rings is 1. The number of methoxy groups -OCH3 is 1. The monoisotopic (exact) mass is 452 g/mol. The van der Waals surface area contributed by atoms with Crippen LogP contribution in [0.5, 0.6) is 5.75 Å². The number of aryl methyl sites for hydroxylation is 1. The number of benzene rings is 2. The summed E-state index contributed by atoms with van der Waals surface area (Å²) < 4.78 is 35.2. The van der Waals surface area contributed by atoms with Gasteiger partial charge in [-0.05, 0) is 36.8 Å². The molecule has 2 heterocycles. The first-order valence-corrected chi connectivity index (χ1v) is 11.1. The normalized spacial score (nSPS) is 11.4. The number of carboxylic acids is 1. The van der Waals surface area contributed by atoms with Gasteiger partial charge in [-0.2, -0.15) is 5.10 Å². The highest BCUT2D eigenvalue weighted by Crippen LogP contribution is 2.31. The standard InChI is InChI=1S/C22H20N4O5S/c1-14-19-20(25-32(29,30)17-10-8-16(31-2)9-11-17)18(22(27)28)12-23-21(19)26(24-14)13-15-6-4-3-5-7-15/h3-12H,13H2,1-2H3,(H,23,25)(H,27,28). The predicted molar refractivity (Wildman–Crippen MR) is 119 cm³/mol. The van der Waals surface area contributed by atoms with Crippen LogP contribution in [0.4, 0.5) is 5.69 Å². The molecule has 10 heteroatoms. The van der Waals surface area contributed by atoms with Crippen LogP contribution in [0, 0.1) is 6.92 Å². The molecule has 0 radical (unpaired) electrons. The molecule has 4 aromatic rings. The molecular weight excluding hydrogens is 432 g/mol. The average Bonchev–Trinajstić information content (AvgIpc) is 3.10. The van der Waals surface area contributed by atoms with Gasteiger partial charge in [0.05, 0.1) is 35.3 Å². The van der Waals surface area contributed by atoms with Gasteiger partial charge in [0.25, 0.3) is 10.0 Å². The lowest BCUT2D eigenvalue weighted by atomic mass is 10.1. The Hall–Kier alpha value is -3.92.